The van der Waals surface area contributed by atoms with Crippen LogP contribution in [0.25, 0.3) is 23.0 Å². The average molecular weight is 397 g/mol. The van der Waals surface area contributed by atoms with Gasteiger partial charge < -0.3 is 19.2 Å². The molecule has 0 aliphatic carbocycles. The molecule has 0 fully saturated rings. The molecule has 30 heavy (non-hydrogen) atoms. The van der Waals surface area contributed by atoms with Gasteiger partial charge in [-0.15, -0.1) is 0 Å². The number of fused-ring (bicyclic) bond motifs is 2. The van der Waals surface area contributed by atoms with Crippen molar-refractivity contribution in [1.82, 2.24) is 9.38 Å². The number of benzene rings is 2. The van der Waals surface area contributed by atoms with E-state index < -0.39 is 0 Å². The highest BCUT2D eigenvalue weighted by Crippen LogP contribution is 2.32. The number of aromatic nitrogens is 2. The van der Waals surface area contributed by atoms with E-state index in [9.17, 15) is 4.79 Å². The van der Waals surface area contributed by atoms with Crippen molar-refractivity contribution in [1.29, 1.82) is 0 Å². The van der Waals surface area contributed by atoms with Gasteiger partial charge in [0, 0.05) is 29.7 Å². The lowest BCUT2D eigenvalue weighted by molar-refractivity contribution is -0.111. The largest absolute Gasteiger partial charge is 0.454 e. The predicted molar refractivity (Wildman–Crippen MR) is 116 cm³/mol. The molecule has 4 aromatic rings. The Balaban J connectivity index is 1.32. The summed E-state index contributed by atoms with van der Waals surface area (Å²) < 4.78 is 12.7. The number of carbonyl (C=O) groups is 1. The van der Waals surface area contributed by atoms with Crippen LogP contribution in [-0.4, -0.2) is 22.1 Å². The molecule has 0 radical (unpaired) electrons. The molecule has 0 bridgehead atoms. The highest BCUT2D eigenvalue weighted by Gasteiger charge is 2.12. The highest BCUT2D eigenvalue weighted by molar-refractivity contribution is 6.02. The first-order chi connectivity index (χ1) is 14.7. The van der Waals surface area contributed by atoms with Gasteiger partial charge in [0.05, 0.1) is 5.69 Å². The minimum Gasteiger partial charge on any atom is -0.454 e. The number of anilines is 1. The second kappa shape index (κ2) is 7.40. The third-order valence-electron chi connectivity index (χ3n) is 4.93. The van der Waals surface area contributed by atoms with Gasteiger partial charge in [0.25, 0.3) is 0 Å². The number of rotatable bonds is 4. The molecule has 1 amide bonds. The molecule has 6 heteroatoms. The topological polar surface area (TPSA) is 64.9 Å². The van der Waals surface area contributed by atoms with Gasteiger partial charge in [-0.05, 0) is 54.5 Å². The fourth-order valence-electron chi connectivity index (χ4n) is 3.42. The van der Waals surface area contributed by atoms with Crippen molar-refractivity contribution in [3.63, 3.8) is 0 Å². The molecule has 0 saturated heterocycles. The van der Waals surface area contributed by atoms with E-state index >= 15 is 0 Å². The normalized spacial score (nSPS) is 12.6. The summed E-state index contributed by atoms with van der Waals surface area (Å²) in [5, 5.41) is 2.90. The quantitative estimate of drug-likeness (QED) is 0.508. The fraction of sp³-hybridized carbons (Fsp3) is 0.0833. The van der Waals surface area contributed by atoms with Crippen LogP contribution in [0, 0.1) is 6.92 Å². The molecule has 3 heterocycles. The zero-order chi connectivity index (χ0) is 20.5. The molecule has 0 atom stereocenters. The van der Waals surface area contributed by atoms with Crippen molar-refractivity contribution in [2.45, 2.75) is 6.92 Å². The number of ether oxygens (including phenoxy) is 2. The monoisotopic (exact) mass is 397 g/mol. The van der Waals surface area contributed by atoms with Gasteiger partial charge in [-0.2, -0.15) is 0 Å². The Morgan fingerprint density at radius 1 is 1.10 bits per heavy atom. The Kier molecular flexibility index (Phi) is 4.44. The van der Waals surface area contributed by atoms with Gasteiger partial charge in [-0.3, -0.25) is 4.79 Å². The smallest absolute Gasteiger partial charge is 0.248 e. The first-order valence-corrected chi connectivity index (χ1v) is 9.59. The molecule has 2 aromatic carbocycles. The van der Waals surface area contributed by atoms with E-state index in [1.165, 1.54) is 6.08 Å². The number of pyridine rings is 1. The number of imidazole rings is 1. The van der Waals surface area contributed by atoms with Crippen LogP contribution in [0.3, 0.4) is 0 Å². The first kappa shape index (κ1) is 18.0. The summed E-state index contributed by atoms with van der Waals surface area (Å²) in [5.41, 5.74) is 5.41. The number of carbonyl (C=O) groups excluding carboxylic acids is 1. The third-order valence-corrected chi connectivity index (χ3v) is 4.93. The molecular formula is C24H19N3O3. The number of hydrogen-bond acceptors (Lipinski definition) is 4. The lowest BCUT2D eigenvalue weighted by atomic mass is 10.1. The van der Waals surface area contributed by atoms with E-state index in [0.29, 0.717) is 11.4 Å². The van der Waals surface area contributed by atoms with E-state index in [-0.39, 0.29) is 12.7 Å². The molecule has 0 unspecified atom stereocenters. The number of aryl methyl sites for hydroxylation is 1. The van der Waals surface area contributed by atoms with Crippen LogP contribution >= 0.6 is 0 Å². The summed E-state index contributed by atoms with van der Waals surface area (Å²) >= 11 is 0. The summed E-state index contributed by atoms with van der Waals surface area (Å²) in [6.45, 7) is 2.26. The van der Waals surface area contributed by atoms with Crippen molar-refractivity contribution in [2.75, 3.05) is 12.1 Å². The van der Waals surface area contributed by atoms with Crippen LogP contribution < -0.4 is 14.8 Å². The zero-order valence-electron chi connectivity index (χ0n) is 16.3. The lowest BCUT2D eigenvalue weighted by Gasteiger charge is -2.04. The minimum absolute atomic E-state index is 0.212. The Morgan fingerprint density at radius 3 is 2.90 bits per heavy atom. The summed E-state index contributed by atoms with van der Waals surface area (Å²) in [6, 6.07) is 17.3. The van der Waals surface area contributed by atoms with Crippen molar-refractivity contribution in [2.24, 2.45) is 0 Å². The Labute approximate surface area is 173 Å². The maximum atomic E-state index is 12.4. The van der Waals surface area contributed by atoms with Crippen LogP contribution in [0.5, 0.6) is 11.5 Å². The minimum atomic E-state index is -0.212. The van der Waals surface area contributed by atoms with Gasteiger partial charge in [-0.25, -0.2) is 4.98 Å². The standard InChI is InChI=1S/C24H19N3O3/c1-16-4-3-11-27-14-20(26-24(16)27)18-5-2-6-19(13-18)25-23(28)10-8-17-7-9-21-22(12-17)30-15-29-21/h2-14H,15H2,1H3,(H,25,28)/b10-8+. The van der Waals surface area contributed by atoms with Gasteiger partial charge in [0.2, 0.25) is 12.7 Å². The maximum absolute atomic E-state index is 12.4. The second-order valence-corrected chi connectivity index (χ2v) is 7.06. The number of hydrogen-bond donors (Lipinski definition) is 1. The Bertz CT molecular complexity index is 1290. The van der Waals surface area contributed by atoms with Crippen LogP contribution in [0.4, 0.5) is 5.69 Å². The van der Waals surface area contributed by atoms with Crippen LogP contribution in [-0.2, 0) is 4.79 Å². The van der Waals surface area contributed by atoms with Crippen molar-refractivity contribution in [3.05, 3.63) is 84.2 Å². The Hall–Kier alpha value is -4.06. The molecule has 148 valence electrons. The highest BCUT2D eigenvalue weighted by atomic mass is 16.7. The fourth-order valence-corrected chi connectivity index (χ4v) is 3.42. The number of nitrogens with one attached hydrogen (secondary N) is 1. The second-order valence-electron chi connectivity index (χ2n) is 7.06. The average Bonchev–Trinajstić information content (AvgIpc) is 3.40. The molecule has 1 aliphatic heterocycles. The number of amides is 1. The Morgan fingerprint density at radius 2 is 2.00 bits per heavy atom. The van der Waals surface area contributed by atoms with Crippen LogP contribution in [0.15, 0.2) is 73.1 Å². The van der Waals surface area contributed by atoms with Crippen LogP contribution in [0.2, 0.25) is 0 Å². The molecule has 0 spiro atoms. The van der Waals surface area contributed by atoms with Gasteiger partial charge in [-0.1, -0.05) is 24.3 Å². The molecule has 1 N–H and O–H groups in total. The summed E-state index contributed by atoms with van der Waals surface area (Å²) in [7, 11) is 0. The third kappa shape index (κ3) is 3.51. The summed E-state index contributed by atoms with van der Waals surface area (Å²) in [5.74, 6) is 1.19. The predicted octanol–water partition coefficient (Wildman–Crippen LogP) is 4.69. The first-order valence-electron chi connectivity index (χ1n) is 9.59. The molecule has 2 aromatic heterocycles. The molecule has 6 nitrogen and oxygen atoms in total. The van der Waals surface area contributed by atoms with E-state index in [4.69, 9.17) is 14.5 Å². The molecular weight excluding hydrogens is 378 g/mol. The van der Waals surface area contributed by atoms with Gasteiger partial charge in [0.1, 0.15) is 5.65 Å². The molecule has 1 aliphatic rings. The van der Waals surface area contributed by atoms with E-state index in [1.807, 2.05) is 78.3 Å². The van der Waals surface area contributed by atoms with Gasteiger partial charge >= 0.3 is 0 Å². The SMILES string of the molecule is Cc1cccn2cc(-c3cccc(NC(=O)/C=C/c4ccc5c(c4)OCO5)c3)nc12. The zero-order valence-corrected chi connectivity index (χ0v) is 16.3. The molecule has 5 rings (SSSR count). The van der Waals surface area contributed by atoms with E-state index in [1.54, 1.807) is 6.08 Å². The molecule has 0 saturated carbocycles. The van der Waals surface area contributed by atoms with Gasteiger partial charge in [0.15, 0.2) is 11.5 Å². The summed E-state index contributed by atoms with van der Waals surface area (Å²) in [6.07, 6.45) is 7.21. The van der Waals surface area contributed by atoms with Crippen molar-refractivity contribution in [3.8, 4) is 22.8 Å². The number of nitrogens with zero attached hydrogens (tertiary/aromatic N) is 2. The summed E-state index contributed by atoms with van der Waals surface area (Å²) in [4.78, 5) is 17.1. The van der Waals surface area contributed by atoms with Crippen molar-refractivity contribution >= 4 is 23.3 Å². The van der Waals surface area contributed by atoms with Crippen molar-refractivity contribution < 1.29 is 14.3 Å². The van der Waals surface area contributed by atoms with E-state index in [2.05, 4.69) is 5.32 Å². The maximum Gasteiger partial charge on any atom is 0.248 e. The van der Waals surface area contributed by atoms with Crippen LogP contribution in [0.1, 0.15) is 11.1 Å². The van der Waals surface area contributed by atoms with E-state index in [0.717, 1.165) is 33.8 Å². The lowest BCUT2D eigenvalue weighted by Crippen LogP contribution is -2.07.